The lowest BCUT2D eigenvalue weighted by Gasteiger charge is -2.09. The Morgan fingerprint density at radius 1 is 1.04 bits per heavy atom. The van der Waals surface area contributed by atoms with Crippen molar-refractivity contribution in [1.82, 2.24) is 9.99 Å². The van der Waals surface area contributed by atoms with Crippen LogP contribution in [0, 0.1) is 13.8 Å². The number of hydrazone groups is 1. The maximum absolute atomic E-state index is 6.14. The molecular formula is C20H20ClN3. The Morgan fingerprint density at radius 2 is 1.75 bits per heavy atom. The van der Waals surface area contributed by atoms with E-state index in [1.807, 2.05) is 48.7 Å². The van der Waals surface area contributed by atoms with Crippen LogP contribution in [0.3, 0.4) is 0 Å². The minimum atomic E-state index is 0.605. The van der Waals surface area contributed by atoms with Crippen LogP contribution < -0.4 is 5.43 Å². The third kappa shape index (κ3) is 3.52. The zero-order valence-corrected chi connectivity index (χ0v) is 14.6. The van der Waals surface area contributed by atoms with E-state index >= 15 is 0 Å². The molecule has 1 aromatic heterocycles. The van der Waals surface area contributed by atoms with Gasteiger partial charge in [-0.15, -0.1) is 0 Å². The average Bonchev–Trinajstić information content (AvgIpc) is 2.88. The van der Waals surface area contributed by atoms with Gasteiger partial charge in [0, 0.05) is 27.7 Å². The van der Waals surface area contributed by atoms with E-state index < -0.39 is 0 Å². The summed E-state index contributed by atoms with van der Waals surface area (Å²) < 4.78 is 2.23. The summed E-state index contributed by atoms with van der Waals surface area (Å²) in [6.07, 6.45) is 1.86. The van der Waals surface area contributed by atoms with Crippen molar-refractivity contribution in [2.24, 2.45) is 5.10 Å². The lowest BCUT2D eigenvalue weighted by Crippen LogP contribution is -2.06. The smallest absolute Gasteiger partial charge is 0.0594 e. The molecule has 0 atom stereocenters. The molecular weight excluding hydrogens is 318 g/mol. The fourth-order valence-electron chi connectivity index (χ4n) is 2.78. The van der Waals surface area contributed by atoms with Crippen LogP contribution in [0.2, 0.25) is 5.02 Å². The molecule has 3 rings (SSSR count). The van der Waals surface area contributed by atoms with Crippen LogP contribution in [0.25, 0.3) is 5.69 Å². The highest BCUT2D eigenvalue weighted by Crippen LogP contribution is 2.19. The number of hydrogen-bond acceptors (Lipinski definition) is 2. The van der Waals surface area contributed by atoms with E-state index in [1.165, 1.54) is 11.4 Å². The van der Waals surface area contributed by atoms with Crippen molar-refractivity contribution >= 4 is 17.8 Å². The van der Waals surface area contributed by atoms with Gasteiger partial charge in [0.15, 0.2) is 0 Å². The number of benzene rings is 2. The maximum atomic E-state index is 6.14. The second kappa shape index (κ2) is 7.37. The second-order valence-corrected chi connectivity index (χ2v) is 6.09. The van der Waals surface area contributed by atoms with Gasteiger partial charge in [0.25, 0.3) is 0 Å². The van der Waals surface area contributed by atoms with Gasteiger partial charge in [-0.1, -0.05) is 48.0 Å². The first-order valence-corrected chi connectivity index (χ1v) is 8.28. The van der Waals surface area contributed by atoms with E-state index in [1.54, 1.807) is 0 Å². The van der Waals surface area contributed by atoms with E-state index in [9.17, 15) is 0 Å². The molecule has 1 heterocycles. The number of aromatic nitrogens is 1. The molecule has 1 N–H and O–H groups in total. The average molecular weight is 338 g/mol. The molecule has 0 saturated carbocycles. The quantitative estimate of drug-likeness (QED) is 0.522. The molecule has 0 amide bonds. The molecule has 0 radical (unpaired) electrons. The predicted molar refractivity (Wildman–Crippen MR) is 101 cm³/mol. The van der Waals surface area contributed by atoms with Gasteiger partial charge in [-0.3, -0.25) is 0 Å². The lowest BCUT2D eigenvalue weighted by atomic mass is 10.2. The molecule has 0 spiro atoms. The van der Waals surface area contributed by atoms with Crippen molar-refractivity contribution in [3.8, 4) is 5.69 Å². The Balaban J connectivity index is 1.73. The minimum absolute atomic E-state index is 0.605. The number of hydrogen-bond donors (Lipinski definition) is 1. The largest absolute Gasteiger partial charge is 0.318 e. The Morgan fingerprint density at radius 3 is 2.50 bits per heavy atom. The number of aryl methyl sites for hydroxylation is 1. The van der Waals surface area contributed by atoms with E-state index in [0.29, 0.717) is 6.54 Å². The highest BCUT2D eigenvalue weighted by molar-refractivity contribution is 6.31. The Kier molecular flexibility index (Phi) is 5.02. The summed E-state index contributed by atoms with van der Waals surface area (Å²) in [6.45, 7) is 4.82. The molecule has 3 nitrogen and oxygen atoms in total. The van der Waals surface area contributed by atoms with Crippen LogP contribution in [0.15, 0.2) is 65.8 Å². The van der Waals surface area contributed by atoms with E-state index in [0.717, 1.165) is 21.8 Å². The van der Waals surface area contributed by atoms with Crippen molar-refractivity contribution in [3.05, 3.63) is 88.2 Å². The lowest BCUT2D eigenvalue weighted by molar-refractivity contribution is 0.748. The molecule has 0 aliphatic heterocycles. The third-order valence-corrected chi connectivity index (χ3v) is 4.38. The standard InChI is InChI=1S/C20H20ClN3/c1-15-12-18(16(2)24(15)19-9-4-3-5-10-19)14-23-22-13-17-8-6-7-11-20(17)21/h3-12,14,22H,13H2,1-2H3/b23-14-. The summed E-state index contributed by atoms with van der Waals surface area (Å²) in [4.78, 5) is 0. The fourth-order valence-corrected chi connectivity index (χ4v) is 2.98. The molecule has 0 aliphatic carbocycles. The van der Waals surface area contributed by atoms with Crippen LogP contribution in [0.4, 0.5) is 0 Å². The Labute approximate surface area is 147 Å². The van der Waals surface area contributed by atoms with Crippen molar-refractivity contribution in [3.63, 3.8) is 0 Å². The first-order valence-electron chi connectivity index (χ1n) is 7.90. The summed E-state index contributed by atoms with van der Waals surface area (Å²) >= 11 is 6.14. The Bertz CT molecular complexity index is 851. The summed E-state index contributed by atoms with van der Waals surface area (Å²) in [5.74, 6) is 0. The number of rotatable bonds is 5. The molecule has 24 heavy (non-hydrogen) atoms. The molecule has 4 heteroatoms. The number of para-hydroxylation sites is 1. The van der Waals surface area contributed by atoms with Crippen LogP contribution in [0.5, 0.6) is 0 Å². The normalized spacial score (nSPS) is 11.1. The zero-order valence-electron chi connectivity index (χ0n) is 13.8. The van der Waals surface area contributed by atoms with Crippen LogP contribution in [-0.4, -0.2) is 10.8 Å². The van der Waals surface area contributed by atoms with Gasteiger partial charge in [0.1, 0.15) is 0 Å². The molecule has 0 fully saturated rings. The van der Waals surface area contributed by atoms with Crippen LogP contribution in [0.1, 0.15) is 22.5 Å². The predicted octanol–water partition coefficient (Wildman–Crippen LogP) is 4.87. The third-order valence-electron chi connectivity index (χ3n) is 4.01. The molecule has 122 valence electrons. The van der Waals surface area contributed by atoms with Crippen LogP contribution in [-0.2, 0) is 6.54 Å². The first-order chi connectivity index (χ1) is 11.7. The minimum Gasteiger partial charge on any atom is -0.318 e. The van der Waals surface area contributed by atoms with Gasteiger partial charge >= 0.3 is 0 Å². The molecule has 3 aromatic rings. The van der Waals surface area contributed by atoms with Gasteiger partial charge in [0.2, 0.25) is 0 Å². The topological polar surface area (TPSA) is 29.3 Å². The van der Waals surface area contributed by atoms with E-state index in [4.69, 9.17) is 11.6 Å². The highest BCUT2D eigenvalue weighted by atomic mass is 35.5. The summed E-state index contributed by atoms with van der Waals surface area (Å²) in [5.41, 5.74) is 8.71. The van der Waals surface area contributed by atoms with Crippen molar-refractivity contribution in [1.29, 1.82) is 0 Å². The van der Waals surface area contributed by atoms with Gasteiger partial charge in [-0.2, -0.15) is 5.10 Å². The summed E-state index contributed by atoms with van der Waals surface area (Å²) in [5, 5.41) is 5.09. The van der Waals surface area contributed by atoms with Gasteiger partial charge < -0.3 is 9.99 Å². The highest BCUT2D eigenvalue weighted by Gasteiger charge is 2.08. The first kappa shape index (κ1) is 16.3. The molecule has 2 aromatic carbocycles. The monoisotopic (exact) mass is 337 g/mol. The molecule has 0 aliphatic rings. The maximum Gasteiger partial charge on any atom is 0.0594 e. The van der Waals surface area contributed by atoms with Crippen molar-refractivity contribution in [2.75, 3.05) is 0 Å². The molecule has 0 bridgehead atoms. The van der Waals surface area contributed by atoms with Crippen molar-refractivity contribution < 1.29 is 0 Å². The number of nitrogens with zero attached hydrogens (tertiary/aromatic N) is 2. The van der Waals surface area contributed by atoms with Gasteiger partial charge in [-0.25, -0.2) is 0 Å². The Hall–Kier alpha value is -2.52. The number of halogens is 1. The zero-order chi connectivity index (χ0) is 16.9. The van der Waals surface area contributed by atoms with Crippen molar-refractivity contribution in [2.45, 2.75) is 20.4 Å². The molecule has 0 unspecified atom stereocenters. The summed E-state index contributed by atoms with van der Waals surface area (Å²) in [7, 11) is 0. The fraction of sp³-hybridized carbons (Fsp3) is 0.150. The van der Waals surface area contributed by atoms with E-state index in [2.05, 4.69) is 47.1 Å². The van der Waals surface area contributed by atoms with Gasteiger partial charge in [0.05, 0.1) is 12.8 Å². The van der Waals surface area contributed by atoms with E-state index in [-0.39, 0.29) is 0 Å². The SMILES string of the molecule is Cc1cc(/C=N\NCc2ccccc2Cl)c(C)n1-c1ccccc1. The van der Waals surface area contributed by atoms with Crippen LogP contribution >= 0.6 is 11.6 Å². The number of nitrogens with one attached hydrogen (secondary N) is 1. The summed E-state index contributed by atoms with van der Waals surface area (Å²) in [6, 6.07) is 20.3. The van der Waals surface area contributed by atoms with Gasteiger partial charge in [-0.05, 0) is 43.7 Å². The second-order valence-electron chi connectivity index (χ2n) is 5.68. The molecule has 0 saturated heterocycles.